The maximum atomic E-state index is 11.3. The number of ether oxygens (including phenoxy) is 2. The predicted octanol–water partition coefficient (Wildman–Crippen LogP) is 1.63. The number of pyridine rings is 1. The number of rotatable bonds is 5. The van der Waals surface area contributed by atoms with Crippen molar-refractivity contribution in [2.75, 3.05) is 7.11 Å². The number of sulfonamides is 1. The minimum atomic E-state index is -3.71. The van der Waals surface area contributed by atoms with Gasteiger partial charge in [-0.15, -0.1) is 0 Å². The minimum Gasteiger partial charge on any atom is -0.489 e. The van der Waals surface area contributed by atoms with Gasteiger partial charge < -0.3 is 9.47 Å². The van der Waals surface area contributed by atoms with Crippen LogP contribution in [0.2, 0.25) is 0 Å². The maximum absolute atomic E-state index is 11.3. The van der Waals surface area contributed by atoms with Gasteiger partial charge in [-0.1, -0.05) is 0 Å². The molecule has 0 spiro atoms. The summed E-state index contributed by atoms with van der Waals surface area (Å²) in [5, 5.41) is 5.12. The first-order valence-corrected chi connectivity index (χ1v) is 7.70. The largest absolute Gasteiger partial charge is 0.489 e. The number of nitrogens with zero attached hydrogens (tertiary/aromatic N) is 1. The van der Waals surface area contributed by atoms with E-state index in [1.165, 1.54) is 13.2 Å². The number of hydrogen-bond acceptors (Lipinski definition) is 5. The second-order valence-electron chi connectivity index (χ2n) is 4.43. The summed E-state index contributed by atoms with van der Waals surface area (Å²) in [5.74, 6) is 1.04. The van der Waals surface area contributed by atoms with Gasteiger partial charge >= 0.3 is 0 Å². The van der Waals surface area contributed by atoms with E-state index in [0.29, 0.717) is 17.2 Å². The monoisotopic (exact) mass is 308 g/mol. The summed E-state index contributed by atoms with van der Waals surface area (Å²) >= 11 is 0. The van der Waals surface area contributed by atoms with Crippen LogP contribution in [0.5, 0.6) is 11.6 Å². The molecule has 0 fully saturated rings. The number of aromatic nitrogens is 1. The van der Waals surface area contributed by atoms with Crippen LogP contribution in [0, 0.1) is 6.92 Å². The molecule has 1 aromatic carbocycles. The Bertz CT molecular complexity index is 744. The highest BCUT2D eigenvalue weighted by atomic mass is 32.2. The van der Waals surface area contributed by atoms with Gasteiger partial charge in [-0.05, 0) is 42.8 Å². The molecule has 0 radical (unpaired) electrons. The molecule has 1 aromatic heterocycles. The van der Waals surface area contributed by atoms with Crippen LogP contribution in [0.25, 0.3) is 0 Å². The van der Waals surface area contributed by atoms with Gasteiger partial charge in [0.1, 0.15) is 12.4 Å². The third kappa shape index (κ3) is 3.71. The second-order valence-corrected chi connectivity index (χ2v) is 5.96. The zero-order chi connectivity index (χ0) is 15.5. The molecule has 0 saturated carbocycles. The van der Waals surface area contributed by atoms with E-state index in [1.807, 2.05) is 6.07 Å². The second kappa shape index (κ2) is 6.11. The van der Waals surface area contributed by atoms with E-state index < -0.39 is 10.0 Å². The Morgan fingerprint density at radius 1 is 1.29 bits per heavy atom. The molecule has 0 atom stereocenters. The molecule has 0 saturated heterocycles. The first-order valence-electron chi connectivity index (χ1n) is 6.16. The van der Waals surface area contributed by atoms with Crippen molar-refractivity contribution in [1.82, 2.24) is 4.98 Å². The lowest BCUT2D eigenvalue weighted by atomic mass is 10.2. The summed E-state index contributed by atoms with van der Waals surface area (Å²) in [6.45, 7) is 1.93. The average Bonchev–Trinajstić information content (AvgIpc) is 2.44. The molecule has 2 aromatic rings. The summed E-state index contributed by atoms with van der Waals surface area (Å²) in [7, 11) is -2.18. The van der Waals surface area contributed by atoms with Crippen LogP contribution in [0.4, 0.5) is 0 Å². The summed E-state index contributed by atoms with van der Waals surface area (Å²) < 4.78 is 33.4. The molecule has 2 N–H and O–H groups in total. The first kappa shape index (κ1) is 15.3. The van der Waals surface area contributed by atoms with Crippen LogP contribution >= 0.6 is 0 Å². The van der Waals surface area contributed by atoms with E-state index in [2.05, 4.69) is 4.98 Å². The zero-order valence-electron chi connectivity index (χ0n) is 11.7. The summed E-state index contributed by atoms with van der Waals surface area (Å²) in [6.07, 6.45) is 1.63. The first-order chi connectivity index (χ1) is 9.91. The third-order valence-corrected chi connectivity index (χ3v) is 3.96. The summed E-state index contributed by atoms with van der Waals surface area (Å²) in [6, 6.07) is 8.26. The lowest BCUT2D eigenvalue weighted by molar-refractivity contribution is 0.293. The third-order valence-electron chi connectivity index (χ3n) is 2.89. The van der Waals surface area contributed by atoms with Gasteiger partial charge in [0.2, 0.25) is 15.9 Å². The topological polar surface area (TPSA) is 91.5 Å². The Morgan fingerprint density at radius 2 is 2.05 bits per heavy atom. The number of primary sulfonamides is 1. The molecule has 0 amide bonds. The fraction of sp³-hybridized carbons (Fsp3) is 0.214. The Kier molecular flexibility index (Phi) is 4.44. The van der Waals surface area contributed by atoms with Gasteiger partial charge in [0, 0.05) is 6.20 Å². The molecule has 0 aliphatic carbocycles. The SMILES string of the molecule is COc1ncccc1COc1ccc(S(N)(=O)=O)c(C)c1. The summed E-state index contributed by atoms with van der Waals surface area (Å²) in [4.78, 5) is 4.17. The number of hydrogen-bond donors (Lipinski definition) is 1. The molecular weight excluding hydrogens is 292 g/mol. The lowest BCUT2D eigenvalue weighted by Crippen LogP contribution is -2.13. The number of benzene rings is 1. The van der Waals surface area contributed by atoms with E-state index in [4.69, 9.17) is 14.6 Å². The van der Waals surface area contributed by atoms with Crippen LogP contribution in [0.1, 0.15) is 11.1 Å². The van der Waals surface area contributed by atoms with Gasteiger partial charge in [0.05, 0.1) is 17.6 Å². The lowest BCUT2D eigenvalue weighted by Gasteiger charge is -2.11. The van der Waals surface area contributed by atoms with Gasteiger partial charge in [0.25, 0.3) is 0 Å². The van der Waals surface area contributed by atoms with Crippen molar-refractivity contribution in [2.45, 2.75) is 18.4 Å². The molecule has 2 rings (SSSR count). The molecule has 0 aliphatic rings. The fourth-order valence-electron chi connectivity index (χ4n) is 1.91. The number of aryl methyl sites for hydroxylation is 1. The van der Waals surface area contributed by atoms with Crippen LogP contribution < -0.4 is 14.6 Å². The van der Waals surface area contributed by atoms with Crippen molar-refractivity contribution in [3.63, 3.8) is 0 Å². The average molecular weight is 308 g/mol. The van der Waals surface area contributed by atoms with Crippen LogP contribution in [0.3, 0.4) is 0 Å². The minimum absolute atomic E-state index is 0.0915. The Morgan fingerprint density at radius 3 is 2.67 bits per heavy atom. The van der Waals surface area contributed by atoms with Crippen LogP contribution in [-0.4, -0.2) is 20.5 Å². The number of methoxy groups -OCH3 is 1. The highest BCUT2D eigenvalue weighted by molar-refractivity contribution is 7.89. The Balaban J connectivity index is 2.16. The quantitative estimate of drug-likeness (QED) is 0.906. The Labute approximate surface area is 123 Å². The van der Waals surface area contributed by atoms with Crippen molar-refractivity contribution < 1.29 is 17.9 Å². The van der Waals surface area contributed by atoms with E-state index in [0.717, 1.165) is 5.56 Å². The highest BCUT2D eigenvalue weighted by Crippen LogP contribution is 2.22. The smallest absolute Gasteiger partial charge is 0.238 e. The number of nitrogens with two attached hydrogens (primary N) is 1. The normalized spacial score (nSPS) is 11.2. The molecule has 0 bridgehead atoms. The van der Waals surface area contributed by atoms with Gasteiger partial charge in [-0.25, -0.2) is 18.5 Å². The molecule has 0 unspecified atom stereocenters. The van der Waals surface area contributed by atoms with Gasteiger partial charge in [-0.2, -0.15) is 0 Å². The zero-order valence-corrected chi connectivity index (χ0v) is 12.6. The van der Waals surface area contributed by atoms with Crippen molar-refractivity contribution in [3.8, 4) is 11.6 Å². The standard InChI is InChI=1S/C14H16N2O4S/c1-10-8-12(5-6-13(10)21(15,17)18)20-9-11-4-3-7-16-14(11)19-2/h3-8H,9H2,1-2H3,(H2,15,17,18). The Hall–Kier alpha value is -2.12. The van der Waals surface area contributed by atoms with E-state index >= 15 is 0 Å². The predicted molar refractivity (Wildman–Crippen MR) is 77.7 cm³/mol. The van der Waals surface area contributed by atoms with Crippen LogP contribution in [-0.2, 0) is 16.6 Å². The van der Waals surface area contributed by atoms with Gasteiger partial charge in [0.15, 0.2) is 0 Å². The van der Waals surface area contributed by atoms with Gasteiger partial charge in [-0.3, -0.25) is 0 Å². The van der Waals surface area contributed by atoms with Crippen molar-refractivity contribution in [3.05, 3.63) is 47.7 Å². The molecule has 112 valence electrons. The maximum Gasteiger partial charge on any atom is 0.238 e. The fourth-order valence-corrected chi connectivity index (χ4v) is 2.68. The van der Waals surface area contributed by atoms with E-state index in [9.17, 15) is 8.42 Å². The molecule has 0 aliphatic heterocycles. The van der Waals surface area contributed by atoms with E-state index in [-0.39, 0.29) is 11.5 Å². The molecular formula is C14H16N2O4S. The highest BCUT2D eigenvalue weighted by Gasteiger charge is 2.12. The van der Waals surface area contributed by atoms with Crippen molar-refractivity contribution >= 4 is 10.0 Å². The molecule has 7 heteroatoms. The van der Waals surface area contributed by atoms with Crippen molar-refractivity contribution in [2.24, 2.45) is 5.14 Å². The molecule has 6 nitrogen and oxygen atoms in total. The summed E-state index contributed by atoms with van der Waals surface area (Å²) in [5.41, 5.74) is 1.33. The van der Waals surface area contributed by atoms with E-state index in [1.54, 1.807) is 31.3 Å². The van der Waals surface area contributed by atoms with Crippen LogP contribution in [0.15, 0.2) is 41.4 Å². The molecule has 21 heavy (non-hydrogen) atoms. The van der Waals surface area contributed by atoms with Crippen molar-refractivity contribution in [1.29, 1.82) is 0 Å². The molecule has 1 heterocycles.